The van der Waals surface area contributed by atoms with Crippen LogP contribution in [0.1, 0.15) is 51.3 Å². The molecule has 15 heteroatoms. The van der Waals surface area contributed by atoms with E-state index < -0.39 is 65.6 Å². The average molecular weight is 747 g/mol. The molecule has 288 valence electrons. The number of alkyl carbamates (subject to hydrolysis) is 1. The molecule has 0 spiro atoms. The number of esters is 2. The third kappa shape index (κ3) is 12.4. The molecule has 3 aromatic rings. The zero-order chi connectivity index (χ0) is 39.4. The Morgan fingerprint density at radius 3 is 1.77 bits per heavy atom. The molecule has 0 radical (unpaired) electrons. The maximum absolute atomic E-state index is 14.6. The number of methoxy groups -OCH3 is 2. The molecule has 0 bridgehead atoms. The van der Waals surface area contributed by atoms with Crippen LogP contribution in [0.25, 0.3) is 0 Å². The first-order valence-corrected chi connectivity index (χ1v) is 16.5. The van der Waals surface area contributed by atoms with Gasteiger partial charge in [-0.05, 0) is 69.0 Å². The fourth-order valence-corrected chi connectivity index (χ4v) is 5.24. The fourth-order valence-electron chi connectivity index (χ4n) is 5.24. The van der Waals surface area contributed by atoms with Gasteiger partial charge in [0.1, 0.15) is 24.6 Å². The normalized spacial score (nSPS) is 13.8. The van der Waals surface area contributed by atoms with Crippen molar-refractivity contribution in [3.8, 4) is 17.2 Å². The number of ether oxygens (including phenoxy) is 6. The molecular formula is C38H45F3N2O10. The number of benzene rings is 3. The average Bonchev–Trinajstić information content (AvgIpc) is 3.06. The van der Waals surface area contributed by atoms with E-state index in [9.17, 15) is 32.3 Å². The van der Waals surface area contributed by atoms with Gasteiger partial charge in [-0.15, -0.1) is 0 Å². The number of nitrogens with one attached hydrogen (secondary N) is 2. The second-order valence-electron chi connectivity index (χ2n) is 13.0. The molecule has 0 fully saturated rings. The Hall–Kier alpha value is -5.31. The van der Waals surface area contributed by atoms with E-state index in [0.29, 0.717) is 23.5 Å². The van der Waals surface area contributed by atoms with Crippen LogP contribution in [0.15, 0.2) is 72.8 Å². The number of rotatable bonds is 16. The van der Waals surface area contributed by atoms with E-state index in [-0.39, 0.29) is 18.8 Å². The molecule has 0 aromatic heterocycles. The molecule has 0 aliphatic rings. The van der Waals surface area contributed by atoms with Gasteiger partial charge in [-0.3, -0.25) is 14.4 Å². The van der Waals surface area contributed by atoms with Gasteiger partial charge in [-0.25, -0.2) is 4.79 Å². The van der Waals surface area contributed by atoms with Gasteiger partial charge in [0.2, 0.25) is 0 Å². The zero-order valence-corrected chi connectivity index (χ0v) is 30.6. The largest absolute Gasteiger partial charge is 0.493 e. The van der Waals surface area contributed by atoms with E-state index >= 15 is 0 Å². The summed E-state index contributed by atoms with van der Waals surface area (Å²) in [5, 5.41) is 5.10. The van der Waals surface area contributed by atoms with Crippen molar-refractivity contribution in [2.75, 3.05) is 27.4 Å². The third-order valence-electron chi connectivity index (χ3n) is 7.58. The number of amides is 2. The Bertz CT molecular complexity index is 1690. The molecule has 3 atom stereocenters. The van der Waals surface area contributed by atoms with Crippen LogP contribution in [0.4, 0.5) is 18.0 Å². The first-order chi connectivity index (χ1) is 24.9. The monoisotopic (exact) mass is 746 g/mol. The summed E-state index contributed by atoms with van der Waals surface area (Å²) in [4.78, 5) is 49.0. The SMILES string of the molecule is COc1ccc(C[C@@H](COC(C)=O)NC(=O)[C@](OC)(c2ccccc2)C(F)(F)F)cc1Oc1ccc(C[C@@H](COC(C)=O)NC(=O)OC(C)(C)C)cc1. The molecule has 0 heterocycles. The van der Waals surface area contributed by atoms with Crippen molar-refractivity contribution in [3.05, 3.63) is 89.5 Å². The van der Waals surface area contributed by atoms with Crippen LogP contribution in [-0.4, -0.2) is 75.2 Å². The summed E-state index contributed by atoms with van der Waals surface area (Å²) in [6.07, 6.45) is -5.58. The summed E-state index contributed by atoms with van der Waals surface area (Å²) in [6.45, 7) is 7.08. The summed E-state index contributed by atoms with van der Waals surface area (Å²) in [7, 11) is 2.23. The van der Waals surface area contributed by atoms with Gasteiger partial charge in [-0.2, -0.15) is 13.2 Å². The van der Waals surface area contributed by atoms with Gasteiger partial charge in [0.05, 0.1) is 19.2 Å². The summed E-state index contributed by atoms with van der Waals surface area (Å²) >= 11 is 0. The Morgan fingerprint density at radius 2 is 1.26 bits per heavy atom. The van der Waals surface area contributed by atoms with Crippen molar-refractivity contribution in [2.24, 2.45) is 0 Å². The molecule has 12 nitrogen and oxygen atoms in total. The number of carbonyl (C=O) groups is 4. The predicted octanol–water partition coefficient (Wildman–Crippen LogP) is 6.18. The van der Waals surface area contributed by atoms with Crippen LogP contribution in [-0.2, 0) is 51.8 Å². The van der Waals surface area contributed by atoms with Gasteiger partial charge in [0, 0.05) is 26.5 Å². The lowest BCUT2D eigenvalue weighted by atomic mass is 9.91. The standard InChI is InChI=1S/C38H45F3N2O10/c1-24(44)50-22-29(42-34(46)37(49-7,38(39,40)41)28-11-9-8-10-12-28)20-27-15-18-32(48-6)33(21-27)52-31-16-13-26(14-17-31)19-30(23-51-25(2)45)43-35(47)53-36(3,4)5/h8-18,21,29-30H,19-20,22-23H2,1-7H3,(H,42,46)(H,43,47)/t29-,30-,37+/m0/s1. The van der Waals surface area contributed by atoms with Gasteiger partial charge in [0.25, 0.3) is 11.5 Å². The second-order valence-corrected chi connectivity index (χ2v) is 13.0. The molecule has 0 saturated carbocycles. The Morgan fingerprint density at radius 1 is 0.717 bits per heavy atom. The van der Waals surface area contributed by atoms with E-state index in [4.69, 9.17) is 28.4 Å². The summed E-state index contributed by atoms with van der Waals surface area (Å²) in [5.74, 6) is -1.71. The highest BCUT2D eigenvalue weighted by Gasteiger charge is 2.62. The van der Waals surface area contributed by atoms with E-state index in [1.807, 2.05) is 0 Å². The zero-order valence-electron chi connectivity index (χ0n) is 30.6. The highest BCUT2D eigenvalue weighted by atomic mass is 19.4. The van der Waals surface area contributed by atoms with E-state index in [1.54, 1.807) is 63.2 Å². The maximum Gasteiger partial charge on any atom is 0.430 e. The molecule has 2 amide bonds. The summed E-state index contributed by atoms with van der Waals surface area (Å²) < 4.78 is 75.7. The lowest BCUT2D eigenvalue weighted by Crippen LogP contribution is -2.58. The van der Waals surface area contributed by atoms with Crippen molar-refractivity contribution in [1.29, 1.82) is 0 Å². The molecule has 3 rings (SSSR count). The van der Waals surface area contributed by atoms with Crippen LogP contribution in [0.3, 0.4) is 0 Å². The minimum atomic E-state index is -5.15. The summed E-state index contributed by atoms with van der Waals surface area (Å²) in [5.41, 5.74) is -3.21. The van der Waals surface area contributed by atoms with Gasteiger partial charge < -0.3 is 39.1 Å². The smallest absolute Gasteiger partial charge is 0.430 e. The lowest BCUT2D eigenvalue weighted by Gasteiger charge is -2.34. The molecular weight excluding hydrogens is 701 g/mol. The lowest BCUT2D eigenvalue weighted by molar-refractivity contribution is -0.266. The van der Waals surface area contributed by atoms with Crippen molar-refractivity contribution in [2.45, 2.75) is 76.9 Å². The van der Waals surface area contributed by atoms with Crippen LogP contribution in [0, 0.1) is 0 Å². The molecule has 0 aliphatic carbocycles. The number of halogens is 3. The van der Waals surface area contributed by atoms with Gasteiger partial charge in [-0.1, -0.05) is 48.5 Å². The van der Waals surface area contributed by atoms with Crippen molar-refractivity contribution >= 4 is 23.9 Å². The molecule has 3 aromatic carbocycles. The van der Waals surface area contributed by atoms with E-state index in [2.05, 4.69) is 10.6 Å². The first kappa shape index (κ1) is 42.1. The van der Waals surface area contributed by atoms with Crippen molar-refractivity contribution < 1.29 is 60.8 Å². The molecule has 53 heavy (non-hydrogen) atoms. The van der Waals surface area contributed by atoms with Crippen LogP contribution in [0.5, 0.6) is 17.2 Å². The molecule has 0 saturated heterocycles. The number of carbonyl (C=O) groups excluding carboxylic acids is 4. The third-order valence-corrected chi connectivity index (χ3v) is 7.58. The Balaban J connectivity index is 1.83. The highest BCUT2D eigenvalue weighted by Crippen LogP contribution is 2.42. The summed E-state index contributed by atoms with van der Waals surface area (Å²) in [6, 6.07) is 16.5. The van der Waals surface area contributed by atoms with Crippen LogP contribution >= 0.6 is 0 Å². The van der Waals surface area contributed by atoms with Gasteiger partial charge in [0.15, 0.2) is 11.5 Å². The van der Waals surface area contributed by atoms with Crippen molar-refractivity contribution in [3.63, 3.8) is 0 Å². The molecule has 0 unspecified atom stereocenters. The first-order valence-electron chi connectivity index (χ1n) is 16.5. The van der Waals surface area contributed by atoms with Crippen LogP contribution < -0.4 is 20.1 Å². The highest BCUT2D eigenvalue weighted by molar-refractivity contribution is 5.88. The Kier molecular flexibility index (Phi) is 14.7. The van der Waals surface area contributed by atoms with Crippen molar-refractivity contribution in [1.82, 2.24) is 10.6 Å². The topological polar surface area (TPSA) is 148 Å². The fraction of sp³-hybridized carbons (Fsp3) is 0.421. The number of hydrogen-bond donors (Lipinski definition) is 2. The maximum atomic E-state index is 14.6. The molecule has 0 aliphatic heterocycles. The Labute approximate surface area is 306 Å². The van der Waals surface area contributed by atoms with E-state index in [0.717, 1.165) is 31.7 Å². The second kappa shape index (κ2) is 18.4. The molecule has 2 N–H and O–H groups in total. The van der Waals surface area contributed by atoms with Gasteiger partial charge >= 0.3 is 24.2 Å². The van der Waals surface area contributed by atoms with Crippen LogP contribution in [0.2, 0.25) is 0 Å². The minimum Gasteiger partial charge on any atom is -0.493 e. The van der Waals surface area contributed by atoms with E-state index in [1.165, 1.54) is 32.2 Å². The predicted molar refractivity (Wildman–Crippen MR) is 186 cm³/mol. The number of alkyl halides is 3. The minimum absolute atomic E-state index is 0.0703. The quantitative estimate of drug-likeness (QED) is 0.129. The number of hydrogen-bond acceptors (Lipinski definition) is 10.